The highest BCUT2D eigenvalue weighted by molar-refractivity contribution is 5.73. The third-order valence-electron chi connectivity index (χ3n) is 4.54. The van der Waals surface area contributed by atoms with Gasteiger partial charge in [-0.05, 0) is 60.0 Å². The third kappa shape index (κ3) is 9.18. The molecule has 0 heterocycles. The van der Waals surface area contributed by atoms with Gasteiger partial charge in [-0.25, -0.2) is 8.78 Å². The fraction of sp³-hybridized carbons (Fsp3) is 0.458. The summed E-state index contributed by atoms with van der Waals surface area (Å²) in [5.74, 6) is -1.36. The van der Waals surface area contributed by atoms with Crippen LogP contribution >= 0.6 is 0 Å². The number of halogens is 2. The predicted molar refractivity (Wildman–Crippen MR) is 114 cm³/mol. The Kier molecular flexibility index (Phi) is 8.32. The first kappa shape index (κ1) is 23.0. The standard InChI is InChI=1S/C24H32F2N2O/c1-17(29)28-23(13-20-11-21(25)14-22(26)12-20)8-9-27-16-19-7-5-6-18(10-19)15-24(2,3)4/h5-7,10-12,14,23,27H,8-9,13,15-16H2,1-4H3,(H,28,29)/t23-/m1/s1. The Morgan fingerprint density at radius 1 is 1.00 bits per heavy atom. The van der Waals surface area contributed by atoms with Gasteiger partial charge in [-0.3, -0.25) is 4.79 Å². The quantitative estimate of drug-likeness (QED) is 0.593. The average molecular weight is 403 g/mol. The van der Waals surface area contributed by atoms with Gasteiger partial charge < -0.3 is 10.6 Å². The fourth-order valence-corrected chi connectivity index (χ4v) is 3.50. The minimum absolute atomic E-state index is 0.151. The van der Waals surface area contributed by atoms with E-state index in [-0.39, 0.29) is 17.4 Å². The van der Waals surface area contributed by atoms with Gasteiger partial charge >= 0.3 is 0 Å². The number of carbonyl (C=O) groups excluding carboxylic acids is 1. The molecule has 0 fully saturated rings. The lowest BCUT2D eigenvalue weighted by atomic mass is 9.88. The van der Waals surface area contributed by atoms with E-state index in [0.717, 1.165) is 19.0 Å². The Morgan fingerprint density at radius 3 is 2.28 bits per heavy atom. The molecule has 0 aliphatic heterocycles. The molecule has 0 aromatic heterocycles. The van der Waals surface area contributed by atoms with E-state index in [4.69, 9.17) is 0 Å². The largest absolute Gasteiger partial charge is 0.353 e. The van der Waals surface area contributed by atoms with E-state index in [1.165, 1.54) is 30.2 Å². The first-order chi connectivity index (χ1) is 13.6. The maximum atomic E-state index is 13.4. The van der Waals surface area contributed by atoms with Crippen molar-refractivity contribution < 1.29 is 13.6 Å². The number of amides is 1. The van der Waals surface area contributed by atoms with Gasteiger partial charge in [-0.2, -0.15) is 0 Å². The molecule has 3 nitrogen and oxygen atoms in total. The molecule has 0 saturated carbocycles. The molecule has 0 spiro atoms. The number of benzene rings is 2. The summed E-state index contributed by atoms with van der Waals surface area (Å²) in [4.78, 5) is 11.5. The molecule has 2 aromatic rings. The lowest BCUT2D eigenvalue weighted by molar-refractivity contribution is -0.119. The molecular formula is C24H32F2N2O. The number of nitrogens with one attached hydrogen (secondary N) is 2. The second-order valence-corrected chi connectivity index (χ2v) is 8.90. The number of rotatable bonds is 9. The second kappa shape index (κ2) is 10.5. The highest BCUT2D eigenvalue weighted by Gasteiger charge is 2.13. The lowest BCUT2D eigenvalue weighted by Gasteiger charge is -2.19. The summed E-state index contributed by atoms with van der Waals surface area (Å²) in [5, 5.41) is 6.28. The van der Waals surface area contributed by atoms with Crippen molar-refractivity contribution in [3.8, 4) is 0 Å². The van der Waals surface area contributed by atoms with Crippen LogP contribution in [0.3, 0.4) is 0 Å². The van der Waals surface area contributed by atoms with Crippen molar-refractivity contribution in [2.24, 2.45) is 5.41 Å². The van der Waals surface area contributed by atoms with Crippen molar-refractivity contribution >= 4 is 5.91 Å². The van der Waals surface area contributed by atoms with Gasteiger partial charge in [0.25, 0.3) is 0 Å². The van der Waals surface area contributed by atoms with Gasteiger partial charge in [0.05, 0.1) is 0 Å². The molecule has 2 rings (SSSR count). The normalized spacial score (nSPS) is 12.6. The Balaban J connectivity index is 1.88. The zero-order chi connectivity index (χ0) is 21.4. The third-order valence-corrected chi connectivity index (χ3v) is 4.54. The summed E-state index contributed by atoms with van der Waals surface area (Å²) in [5.41, 5.74) is 3.32. The molecule has 158 valence electrons. The monoisotopic (exact) mass is 402 g/mol. The SMILES string of the molecule is CC(=O)N[C@H](CCNCc1cccc(CC(C)(C)C)c1)Cc1cc(F)cc(F)c1. The van der Waals surface area contributed by atoms with Crippen LogP contribution in [-0.4, -0.2) is 18.5 Å². The van der Waals surface area contributed by atoms with E-state index in [0.29, 0.717) is 24.9 Å². The summed E-state index contributed by atoms with van der Waals surface area (Å²) < 4.78 is 26.9. The van der Waals surface area contributed by atoms with Crippen molar-refractivity contribution in [1.82, 2.24) is 10.6 Å². The van der Waals surface area contributed by atoms with Crippen molar-refractivity contribution in [1.29, 1.82) is 0 Å². The van der Waals surface area contributed by atoms with E-state index in [9.17, 15) is 13.6 Å². The summed E-state index contributed by atoms with van der Waals surface area (Å²) in [6.45, 7) is 9.55. The van der Waals surface area contributed by atoms with E-state index < -0.39 is 11.6 Å². The maximum Gasteiger partial charge on any atom is 0.217 e. The Labute approximate surface area is 172 Å². The molecule has 1 amide bonds. The van der Waals surface area contributed by atoms with Crippen LogP contribution in [0, 0.1) is 17.0 Å². The van der Waals surface area contributed by atoms with Crippen molar-refractivity contribution in [2.75, 3.05) is 6.54 Å². The van der Waals surface area contributed by atoms with Crippen LogP contribution in [0.15, 0.2) is 42.5 Å². The Bertz CT molecular complexity index is 795. The zero-order valence-corrected chi connectivity index (χ0v) is 17.8. The number of carbonyl (C=O) groups is 1. The summed E-state index contributed by atoms with van der Waals surface area (Å²) in [6, 6.07) is 11.8. The first-order valence-corrected chi connectivity index (χ1v) is 10.1. The summed E-state index contributed by atoms with van der Waals surface area (Å²) >= 11 is 0. The molecule has 2 aromatic carbocycles. The van der Waals surface area contributed by atoms with E-state index >= 15 is 0 Å². The van der Waals surface area contributed by atoms with Gasteiger partial charge in [0.1, 0.15) is 11.6 Å². The zero-order valence-electron chi connectivity index (χ0n) is 17.8. The van der Waals surface area contributed by atoms with Crippen LogP contribution in [0.1, 0.15) is 50.8 Å². The van der Waals surface area contributed by atoms with Gasteiger partial charge in [-0.15, -0.1) is 0 Å². The molecule has 0 radical (unpaired) electrons. The second-order valence-electron chi connectivity index (χ2n) is 8.90. The van der Waals surface area contributed by atoms with Crippen LogP contribution < -0.4 is 10.6 Å². The molecule has 2 N–H and O–H groups in total. The summed E-state index contributed by atoms with van der Waals surface area (Å²) in [7, 11) is 0. The first-order valence-electron chi connectivity index (χ1n) is 10.1. The van der Waals surface area contributed by atoms with Crippen molar-refractivity contribution in [3.63, 3.8) is 0 Å². The number of hydrogen-bond donors (Lipinski definition) is 2. The van der Waals surface area contributed by atoms with Crippen LogP contribution in [-0.2, 0) is 24.2 Å². The molecule has 0 aliphatic rings. The molecular weight excluding hydrogens is 370 g/mol. The molecule has 5 heteroatoms. The van der Waals surface area contributed by atoms with E-state index in [1.54, 1.807) is 0 Å². The van der Waals surface area contributed by atoms with Gasteiger partial charge in [0, 0.05) is 25.6 Å². The molecule has 0 unspecified atom stereocenters. The molecule has 29 heavy (non-hydrogen) atoms. The smallest absolute Gasteiger partial charge is 0.217 e. The maximum absolute atomic E-state index is 13.4. The molecule has 0 bridgehead atoms. The highest BCUT2D eigenvalue weighted by Crippen LogP contribution is 2.21. The molecule has 0 saturated heterocycles. The number of hydrogen-bond acceptors (Lipinski definition) is 2. The van der Waals surface area contributed by atoms with Crippen LogP contribution in [0.4, 0.5) is 8.78 Å². The minimum Gasteiger partial charge on any atom is -0.353 e. The van der Waals surface area contributed by atoms with Gasteiger partial charge in [-0.1, -0.05) is 45.0 Å². The summed E-state index contributed by atoms with van der Waals surface area (Å²) in [6.07, 6.45) is 2.08. The average Bonchev–Trinajstić information content (AvgIpc) is 2.56. The van der Waals surface area contributed by atoms with Crippen molar-refractivity contribution in [3.05, 3.63) is 70.8 Å². The van der Waals surface area contributed by atoms with Crippen LogP contribution in [0.25, 0.3) is 0 Å². The van der Waals surface area contributed by atoms with Gasteiger partial charge in [0.15, 0.2) is 0 Å². The van der Waals surface area contributed by atoms with E-state index in [1.807, 2.05) is 0 Å². The Hall–Kier alpha value is -2.27. The highest BCUT2D eigenvalue weighted by atomic mass is 19.1. The Morgan fingerprint density at radius 2 is 1.66 bits per heavy atom. The minimum atomic E-state index is -0.602. The topological polar surface area (TPSA) is 41.1 Å². The lowest BCUT2D eigenvalue weighted by Crippen LogP contribution is -2.37. The fourth-order valence-electron chi connectivity index (χ4n) is 3.50. The molecule has 0 aliphatic carbocycles. The molecule has 1 atom stereocenters. The predicted octanol–water partition coefficient (Wildman–Crippen LogP) is 4.78. The van der Waals surface area contributed by atoms with Crippen LogP contribution in [0.5, 0.6) is 0 Å². The van der Waals surface area contributed by atoms with Gasteiger partial charge in [0.2, 0.25) is 5.91 Å². The van der Waals surface area contributed by atoms with E-state index in [2.05, 4.69) is 55.7 Å². The van der Waals surface area contributed by atoms with Crippen LogP contribution in [0.2, 0.25) is 0 Å². The van der Waals surface area contributed by atoms with Crippen molar-refractivity contribution in [2.45, 2.75) is 59.5 Å².